The summed E-state index contributed by atoms with van der Waals surface area (Å²) in [7, 11) is 1.52. The highest BCUT2D eigenvalue weighted by Crippen LogP contribution is 2.31. The van der Waals surface area contributed by atoms with Gasteiger partial charge in [-0.25, -0.2) is 4.79 Å². The number of hydrogen-bond acceptors (Lipinski definition) is 2. The molecule has 1 aliphatic heterocycles. The van der Waals surface area contributed by atoms with Gasteiger partial charge >= 0.3 is 6.03 Å². The third-order valence-corrected chi connectivity index (χ3v) is 3.98. The van der Waals surface area contributed by atoms with Gasteiger partial charge in [0.25, 0.3) is 0 Å². The number of nitrogens with zero attached hydrogens (tertiary/aromatic N) is 2. The lowest BCUT2D eigenvalue weighted by Gasteiger charge is -2.20. The molecule has 1 atom stereocenters. The van der Waals surface area contributed by atoms with E-state index < -0.39 is 6.03 Å². The maximum atomic E-state index is 12.1. The summed E-state index contributed by atoms with van der Waals surface area (Å²) in [5.74, 6) is 0.174. The van der Waals surface area contributed by atoms with Gasteiger partial charge < -0.3 is 15.5 Å². The van der Waals surface area contributed by atoms with Crippen LogP contribution in [0, 0.1) is 0 Å². The van der Waals surface area contributed by atoms with Crippen molar-refractivity contribution in [3.63, 3.8) is 0 Å². The number of hydrogen-bond donors (Lipinski definition) is 1. The van der Waals surface area contributed by atoms with Crippen LogP contribution in [0.1, 0.15) is 17.9 Å². The van der Waals surface area contributed by atoms with E-state index in [0.717, 1.165) is 17.0 Å². The molecule has 2 N–H and O–H groups in total. The summed E-state index contributed by atoms with van der Waals surface area (Å²) in [5.41, 5.74) is 6.20. The van der Waals surface area contributed by atoms with E-state index in [0.29, 0.717) is 13.1 Å². The predicted molar refractivity (Wildman–Crippen MR) is 77.6 cm³/mol. The van der Waals surface area contributed by atoms with Gasteiger partial charge in [-0.2, -0.15) is 0 Å². The van der Waals surface area contributed by atoms with E-state index >= 15 is 0 Å². The zero-order valence-electron chi connectivity index (χ0n) is 11.4. The molecule has 0 saturated carbocycles. The first-order valence-electron chi connectivity index (χ1n) is 6.52. The van der Waals surface area contributed by atoms with E-state index in [9.17, 15) is 9.59 Å². The van der Waals surface area contributed by atoms with Gasteiger partial charge in [0.05, 0.1) is 0 Å². The number of primary amides is 1. The lowest BCUT2D eigenvalue weighted by molar-refractivity contribution is -0.130. The fourth-order valence-electron chi connectivity index (χ4n) is 2.43. The van der Waals surface area contributed by atoms with Crippen LogP contribution < -0.4 is 5.73 Å². The highest BCUT2D eigenvalue weighted by Gasteiger charge is 2.29. The molecule has 2 rings (SSSR count). The van der Waals surface area contributed by atoms with Gasteiger partial charge in [-0.3, -0.25) is 4.79 Å². The Morgan fingerprint density at radius 1 is 1.45 bits per heavy atom. The van der Waals surface area contributed by atoms with E-state index in [4.69, 9.17) is 17.3 Å². The molecular formula is C14H18ClN3O2. The second kappa shape index (κ2) is 6.13. The summed E-state index contributed by atoms with van der Waals surface area (Å²) >= 11 is 6.18. The van der Waals surface area contributed by atoms with Crippen molar-refractivity contribution in [2.24, 2.45) is 5.73 Å². The summed E-state index contributed by atoms with van der Waals surface area (Å²) < 4.78 is 0. The molecule has 1 aromatic rings. The van der Waals surface area contributed by atoms with Gasteiger partial charge in [0.15, 0.2) is 0 Å². The Morgan fingerprint density at radius 2 is 2.15 bits per heavy atom. The highest BCUT2D eigenvalue weighted by atomic mass is 35.5. The van der Waals surface area contributed by atoms with Crippen LogP contribution in [0.2, 0.25) is 5.02 Å². The van der Waals surface area contributed by atoms with E-state index in [-0.39, 0.29) is 18.4 Å². The number of rotatable bonds is 3. The van der Waals surface area contributed by atoms with Crippen LogP contribution in [0.25, 0.3) is 0 Å². The van der Waals surface area contributed by atoms with Crippen LogP contribution in [-0.4, -0.2) is 48.4 Å². The highest BCUT2D eigenvalue weighted by molar-refractivity contribution is 6.31. The molecule has 0 radical (unpaired) electrons. The smallest absolute Gasteiger partial charge is 0.314 e. The van der Waals surface area contributed by atoms with Gasteiger partial charge in [-0.15, -0.1) is 0 Å². The molecule has 1 aliphatic rings. The first-order chi connectivity index (χ1) is 9.49. The van der Waals surface area contributed by atoms with Gasteiger partial charge in [0.1, 0.15) is 6.54 Å². The number of carbonyl (C=O) groups is 2. The number of urea groups is 1. The topological polar surface area (TPSA) is 66.6 Å². The number of amides is 3. The Kier molecular flexibility index (Phi) is 4.49. The lowest BCUT2D eigenvalue weighted by atomic mass is 9.98. The Morgan fingerprint density at radius 3 is 2.80 bits per heavy atom. The standard InChI is InChI=1S/C14H18ClN3O2/c1-17(14(16)20)9-13(19)18-7-6-10(8-18)11-4-2-3-5-12(11)15/h2-5,10H,6-9H2,1H3,(H2,16,20)/t10-/m0/s1. The molecule has 1 fully saturated rings. The minimum Gasteiger partial charge on any atom is -0.351 e. The third-order valence-electron chi connectivity index (χ3n) is 3.63. The van der Waals surface area contributed by atoms with Crippen molar-refractivity contribution in [2.75, 3.05) is 26.7 Å². The van der Waals surface area contributed by atoms with Crippen molar-refractivity contribution in [3.8, 4) is 0 Å². The zero-order valence-corrected chi connectivity index (χ0v) is 12.1. The summed E-state index contributed by atoms with van der Waals surface area (Å²) in [5, 5.41) is 0.737. The second-order valence-corrected chi connectivity index (χ2v) is 5.45. The average molecular weight is 296 g/mol. The number of halogens is 1. The minimum atomic E-state index is -0.597. The molecule has 1 aromatic carbocycles. The minimum absolute atomic E-state index is 0.0184. The SMILES string of the molecule is CN(CC(=O)N1CC[C@H](c2ccccc2Cl)C1)C(N)=O. The second-order valence-electron chi connectivity index (χ2n) is 5.04. The van der Waals surface area contributed by atoms with Crippen molar-refractivity contribution in [1.82, 2.24) is 9.80 Å². The van der Waals surface area contributed by atoms with Crippen LogP contribution in [0.3, 0.4) is 0 Å². The Hall–Kier alpha value is -1.75. The number of nitrogens with two attached hydrogens (primary N) is 1. The molecule has 5 nitrogen and oxygen atoms in total. The third kappa shape index (κ3) is 3.22. The van der Waals surface area contributed by atoms with Gasteiger partial charge in [-0.05, 0) is 18.1 Å². The summed E-state index contributed by atoms with van der Waals surface area (Å²) in [6, 6.07) is 7.11. The van der Waals surface area contributed by atoms with Gasteiger partial charge in [-0.1, -0.05) is 29.8 Å². The number of likely N-dealkylation sites (N-methyl/N-ethyl adjacent to an activating group) is 1. The van der Waals surface area contributed by atoms with Gasteiger partial charge in [0, 0.05) is 31.1 Å². The fourth-order valence-corrected chi connectivity index (χ4v) is 2.72. The van der Waals surface area contributed by atoms with Crippen molar-refractivity contribution in [3.05, 3.63) is 34.9 Å². The molecule has 6 heteroatoms. The molecule has 20 heavy (non-hydrogen) atoms. The van der Waals surface area contributed by atoms with Crippen molar-refractivity contribution >= 4 is 23.5 Å². The van der Waals surface area contributed by atoms with E-state index in [1.54, 1.807) is 4.90 Å². The molecule has 1 heterocycles. The molecular weight excluding hydrogens is 278 g/mol. The molecule has 0 aromatic heterocycles. The molecule has 0 spiro atoms. The van der Waals surface area contributed by atoms with Crippen molar-refractivity contribution < 1.29 is 9.59 Å². The summed E-state index contributed by atoms with van der Waals surface area (Å²) in [6.45, 7) is 1.33. The average Bonchev–Trinajstić information content (AvgIpc) is 2.88. The summed E-state index contributed by atoms with van der Waals surface area (Å²) in [6.07, 6.45) is 0.885. The summed E-state index contributed by atoms with van der Waals surface area (Å²) in [4.78, 5) is 26.0. The zero-order chi connectivity index (χ0) is 14.7. The quantitative estimate of drug-likeness (QED) is 0.921. The van der Waals surface area contributed by atoms with Crippen LogP contribution in [-0.2, 0) is 4.79 Å². The van der Waals surface area contributed by atoms with E-state index in [1.807, 2.05) is 24.3 Å². The van der Waals surface area contributed by atoms with E-state index in [1.165, 1.54) is 11.9 Å². The molecule has 0 bridgehead atoms. The van der Waals surface area contributed by atoms with E-state index in [2.05, 4.69) is 0 Å². The van der Waals surface area contributed by atoms with Crippen LogP contribution in [0.15, 0.2) is 24.3 Å². The lowest BCUT2D eigenvalue weighted by Crippen LogP contribution is -2.42. The number of likely N-dealkylation sites (tertiary alicyclic amines) is 1. The number of benzene rings is 1. The predicted octanol–water partition coefficient (Wildman–Crippen LogP) is 1.67. The van der Waals surface area contributed by atoms with Crippen LogP contribution >= 0.6 is 11.6 Å². The van der Waals surface area contributed by atoms with Crippen LogP contribution in [0.5, 0.6) is 0 Å². The largest absolute Gasteiger partial charge is 0.351 e. The monoisotopic (exact) mass is 295 g/mol. The molecule has 0 aliphatic carbocycles. The van der Waals surface area contributed by atoms with Crippen molar-refractivity contribution in [2.45, 2.75) is 12.3 Å². The van der Waals surface area contributed by atoms with Crippen LogP contribution in [0.4, 0.5) is 4.79 Å². The number of carbonyl (C=O) groups excluding carboxylic acids is 2. The van der Waals surface area contributed by atoms with Crippen molar-refractivity contribution in [1.29, 1.82) is 0 Å². The van der Waals surface area contributed by atoms with Gasteiger partial charge in [0.2, 0.25) is 5.91 Å². The normalized spacial score (nSPS) is 18.1. The molecule has 108 valence electrons. The maximum Gasteiger partial charge on any atom is 0.314 e. The molecule has 0 unspecified atom stereocenters. The maximum absolute atomic E-state index is 12.1. The first-order valence-corrected chi connectivity index (χ1v) is 6.89. The Balaban J connectivity index is 1.97. The molecule has 3 amide bonds. The Bertz CT molecular complexity index is 521. The first kappa shape index (κ1) is 14.7. The Labute approximate surface area is 123 Å². The fraction of sp³-hybridized carbons (Fsp3) is 0.429. The molecule has 1 saturated heterocycles.